The van der Waals surface area contributed by atoms with Gasteiger partial charge in [0, 0.05) is 25.2 Å². The summed E-state index contributed by atoms with van der Waals surface area (Å²) >= 11 is 0. The van der Waals surface area contributed by atoms with Gasteiger partial charge in [-0.1, -0.05) is 6.07 Å². The van der Waals surface area contributed by atoms with Gasteiger partial charge in [-0.25, -0.2) is 12.7 Å². The number of hydrogen-bond acceptors (Lipinski definition) is 5. The van der Waals surface area contributed by atoms with Crippen LogP contribution in [0.5, 0.6) is 0 Å². The van der Waals surface area contributed by atoms with E-state index in [1.54, 1.807) is 0 Å². The van der Waals surface area contributed by atoms with Gasteiger partial charge in [-0.2, -0.15) is 0 Å². The molecule has 0 bridgehead atoms. The van der Waals surface area contributed by atoms with Crippen LogP contribution in [0.15, 0.2) is 23.1 Å². The molecule has 0 atom stereocenters. The van der Waals surface area contributed by atoms with E-state index in [9.17, 15) is 23.6 Å². The van der Waals surface area contributed by atoms with Gasteiger partial charge in [0.1, 0.15) is 0 Å². The number of benzene rings is 1. The van der Waals surface area contributed by atoms with Crippen LogP contribution in [0.2, 0.25) is 0 Å². The summed E-state index contributed by atoms with van der Waals surface area (Å²) in [6, 6.07) is 4.04. The predicted molar refractivity (Wildman–Crippen MR) is 76.4 cm³/mol. The Labute approximate surface area is 123 Å². The third kappa shape index (κ3) is 3.07. The minimum absolute atomic E-state index is 0.0425. The Morgan fingerprint density at radius 1 is 1.43 bits per heavy atom. The van der Waals surface area contributed by atoms with E-state index in [0.29, 0.717) is 19.4 Å². The molecule has 0 radical (unpaired) electrons. The van der Waals surface area contributed by atoms with Crippen molar-refractivity contribution in [2.75, 3.05) is 13.6 Å². The molecule has 1 aromatic rings. The molecule has 1 fully saturated rings. The Kier molecular flexibility index (Phi) is 4.31. The van der Waals surface area contributed by atoms with Crippen LogP contribution in [-0.4, -0.2) is 42.4 Å². The second-order valence-corrected chi connectivity index (χ2v) is 7.45. The van der Waals surface area contributed by atoms with Gasteiger partial charge in [-0.15, -0.1) is 0 Å². The highest BCUT2D eigenvalue weighted by molar-refractivity contribution is 7.89. The average molecular weight is 314 g/mol. The third-order valence-electron chi connectivity index (χ3n) is 3.87. The molecular formula is C13H18N2O5S. The van der Waals surface area contributed by atoms with Gasteiger partial charge < -0.3 is 5.11 Å². The highest BCUT2D eigenvalue weighted by Gasteiger charge is 2.33. The van der Waals surface area contributed by atoms with Crippen LogP contribution in [0.25, 0.3) is 0 Å². The smallest absolute Gasteiger partial charge is 0.273 e. The first-order valence-electron chi connectivity index (χ1n) is 6.62. The lowest BCUT2D eigenvalue weighted by atomic mass is 9.82. The van der Waals surface area contributed by atoms with Crippen molar-refractivity contribution < 1.29 is 18.4 Å². The first kappa shape index (κ1) is 15.9. The largest absolute Gasteiger partial charge is 0.393 e. The van der Waals surface area contributed by atoms with E-state index in [4.69, 9.17) is 0 Å². The first-order chi connectivity index (χ1) is 9.73. The highest BCUT2D eigenvalue weighted by atomic mass is 32.2. The maximum Gasteiger partial charge on any atom is 0.273 e. The molecule has 1 aliphatic rings. The number of aliphatic hydroxyl groups excluding tert-OH is 1. The molecule has 0 unspecified atom stereocenters. The summed E-state index contributed by atoms with van der Waals surface area (Å²) in [4.78, 5) is 10.3. The van der Waals surface area contributed by atoms with Gasteiger partial charge in [-0.05, 0) is 31.7 Å². The molecule has 1 N–H and O–H groups in total. The zero-order valence-corrected chi connectivity index (χ0v) is 12.7. The fraction of sp³-hybridized carbons (Fsp3) is 0.538. The fourth-order valence-electron chi connectivity index (χ4n) is 2.56. The number of nitro benzene ring substituents is 1. The maximum atomic E-state index is 12.5. The van der Waals surface area contributed by atoms with E-state index in [1.807, 2.05) is 0 Å². The van der Waals surface area contributed by atoms with Crippen molar-refractivity contribution in [2.24, 2.45) is 5.92 Å². The molecule has 21 heavy (non-hydrogen) atoms. The average Bonchev–Trinajstić information content (AvgIpc) is 2.36. The highest BCUT2D eigenvalue weighted by Crippen LogP contribution is 2.31. The second-order valence-electron chi connectivity index (χ2n) is 5.43. The number of rotatable bonds is 5. The number of hydrogen-bond donors (Lipinski definition) is 1. The molecule has 1 aliphatic carbocycles. The number of nitro groups is 1. The van der Waals surface area contributed by atoms with Crippen molar-refractivity contribution in [1.29, 1.82) is 0 Å². The second kappa shape index (κ2) is 5.70. The van der Waals surface area contributed by atoms with Crippen LogP contribution >= 0.6 is 0 Å². The maximum absolute atomic E-state index is 12.5. The lowest BCUT2D eigenvalue weighted by Gasteiger charge is -2.34. The molecule has 0 saturated heterocycles. The van der Waals surface area contributed by atoms with Crippen molar-refractivity contribution >= 4 is 15.7 Å². The topological polar surface area (TPSA) is 101 Å². The third-order valence-corrected chi connectivity index (χ3v) is 5.83. The molecule has 116 valence electrons. The Hall–Kier alpha value is -1.51. The standard InChI is InChI=1S/C13H18N2O5S/c1-9-12(15(17)18)4-3-5-13(9)21(19,20)14(2)8-10-6-11(16)7-10/h3-5,10-11,16H,6-8H2,1-2H3. The summed E-state index contributed by atoms with van der Waals surface area (Å²) in [5.41, 5.74) is -0.0634. The van der Waals surface area contributed by atoms with Crippen LogP contribution in [0.4, 0.5) is 5.69 Å². The molecular weight excluding hydrogens is 296 g/mol. The summed E-state index contributed by atoms with van der Waals surface area (Å²) in [7, 11) is -2.31. The van der Waals surface area contributed by atoms with Gasteiger partial charge in [0.25, 0.3) is 5.69 Å². The van der Waals surface area contributed by atoms with Crippen molar-refractivity contribution in [3.63, 3.8) is 0 Å². The van der Waals surface area contributed by atoms with Crippen LogP contribution < -0.4 is 0 Å². The van der Waals surface area contributed by atoms with Gasteiger partial charge in [-0.3, -0.25) is 10.1 Å². The van der Waals surface area contributed by atoms with Crippen LogP contribution in [-0.2, 0) is 10.0 Å². The van der Waals surface area contributed by atoms with E-state index >= 15 is 0 Å². The molecule has 0 spiro atoms. The normalized spacial score (nSPS) is 22.1. The Bertz CT molecular complexity index is 653. The molecule has 0 amide bonds. The van der Waals surface area contributed by atoms with Crippen LogP contribution in [0, 0.1) is 23.0 Å². The summed E-state index contributed by atoms with van der Waals surface area (Å²) in [6.07, 6.45) is 0.840. The molecule has 0 aromatic heterocycles. The van der Waals surface area contributed by atoms with E-state index in [2.05, 4.69) is 0 Å². The monoisotopic (exact) mass is 314 g/mol. The lowest BCUT2D eigenvalue weighted by Crippen LogP contribution is -2.39. The van der Waals surface area contributed by atoms with Crippen LogP contribution in [0.3, 0.4) is 0 Å². The predicted octanol–water partition coefficient (Wildman–Crippen LogP) is 1.29. The number of aliphatic hydroxyl groups is 1. The Balaban J connectivity index is 2.27. The minimum Gasteiger partial charge on any atom is -0.393 e. The van der Waals surface area contributed by atoms with Crippen molar-refractivity contribution in [3.8, 4) is 0 Å². The van der Waals surface area contributed by atoms with E-state index in [0.717, 1.165) is 0 Å². The number of sulfonamides is 1. The SMILES string of the molecule is Cc1c([N+](=O)[O-])cccc1S(=O)(=O)N(C)CC1CC(O)C1. The van der Waals surface area contributed by atoms with Gasteiger partial charge >= 0.3 is 0 Å². The molecule has 2 rings (SSSR count). The quantitative estimate of drug-likeness (QED) is 0.652. The van der Waals surface area contributed by atoms with Gasteiger partial charge in [0.05, 0.1) is 15.9 Å². The summed E-state index contributed by atoms with van der Waals surface area (Å²) in [5, 5.41) is 20.2. The molecule has 0 heterocycles. The molecule has 7 nitrogen and oxygen atoms in total. The summed E-state index contributed by atoms with van der Waals surface area (Å²) < 4.78 is 26.3. The summed E-state index contributed by atoms with van der Waals surface area (Å²) in [6.45, 7) is 1.74. The molecule has 1 aromatic carbocycles. The van der Waals surface area contributed by atoms with Crippen molar-refractivity contribution in [2.45, 2.75) is 30.8 Å². The van der Waals surface area contributed by atoms with E-state index in [1.165, 1.54) is 36.5 Å². The van der Waals surface area contributed by atoms with Gasteiger partial charge in [0.15, 0.2) is 0 Å². The zero-order chi connectivity index (χ0) is 15.8. The summed E-state index contributed by atoms with van der Waals surface area (Å²) in [5.74, 6) is 0.138. The minimum atomic E-state index is -3.77. The zero-order valence-electron chi connectivity index (χ0n) is 11.9. The molecule has 8 heteroatoms. The molecule has 1 saturated carbocycles. The Morgan fingerprint density at radius 2 is 2.05 bits per heavy atom. The van der Waals surface area contributed by atoms with Gasteiger partial charge in [0.2, 0.25) is 10.0 Å². The van der Waals surface area contributed by atoms with E-state index < -0.39 is 14.9 Å². The van der Waals surface area contributed by atoms with E-state index in [-0.39, 0.29) is 28.2 Å². The lowest BCUT2D eigenvalue weighted by molar-refractivity contribution is -0.385. The number of nitrogens with zero attached hydrogens (tertiary/aromatic N) is 2. The first-order valence-corrected chi connectivity index (χ1v) is 8.06. The Morgan fingerprint density at radius 3 is 2.57 bits per heavy atom. The fourth-order valence-corrected chi connectivity index (χ4v) is 4.04. The van der Waals surface area contributed by atoms with Crippen molar-refractivity contribution in [1.82, 2.24) is 4.31 Å². The van der Waals surface area contributed by atoms with Crippen molar-refractivity contribution in [3.05, 3.63) is 33.9 Å². The molecule has 0 aliphatic heterocycles. The van der Waals surface area contributed by atoms with Crippen LogP contribution in [0.1, 0.15) is 18.4 Å².